The number of hydrogen-bond acceptors (Lipinski definition) is 2. The lowest BCUT2D eigenvalue weighted by Gasteiger charge is -2.21. The molecule has 0 aromatic heterocycles. The zero-order chi connectivity index (χ0) is 12.0. The van der Waals surface area contributed by atoms with Gasteiger partial charge in [-0.25, -0.2) is 0 Å². The van der Waals surface area contributed by atoms with Crippen LogP contribution in [0.4, 0.5) is 13.2 Å². The van der Waals surface area contributed by atoms with Gasteiger partial charge < -0.3 is 10.6 Å². The lowest BCUT2D eigenvalue weighted by atomic mass is 9.94. The molecule has 3 nitrogen and oxygen atoms in total. The summed E-state index contributed by atoms with van der Waals surface area (Å²) in [6.45, 7) is 1.47. The number of alkyl halides is 3. The van der Waals surface area contributed by atoms with Crippen LogP contribution in [0.3, 0.4) is 0 Å². The molecule has 17 heavy (non-hydrogen) atoms. The molecule has 0 unspecified atom stereocenters. The molecule has 0 bridgehead atoms. The summed E-state index contributed by atoms with van der Waals surface area (Å²) in [5, 5.41) is 5.48. The van der Waals surface area contributed by atoms with Gasteiger partial charge in [0.05, 0.1) is 6.42 Å². The molecule has 0 radical (unpaired) electrons. The Morgan fingerprint density at radius 2 is 1.88 bits per heavy atom. The predicted molar refractivity (Wildman–Crippen MR) is 61.1 cm³/mol. The van der Waals surface area contributed by atoms with Crippen molar-refractivity contribution in [2.75, 3.05) is 19.6 Å². The van der Waals surface area contributed by atoms with Crippen LogP contribution in [0.1, 0.15) is 25.7 Å². The van der Waals surface area contributed by atoms with Crippen molar-refractivity contribution in [1.29, 1.82) is 0 Å². The molecule has 7 heteroatoms. The standard InChI is InChI=1S/C10H17F3N2O.ClH/c11-10(12,13)3-6-15-9(16)7-8-1-4-14-5-2-8;/h8,14H,1-7H2,(H,15,16);1H. The minimum atomic E-state index is -4.19. The van der Waals surface area contributed by atoms with E-state index < -0.39 is 12.6 Å². The number of carbonyl (C=O) groups is 1. The summed E-state index contributed by atoms with van der Waals surface area (Å²) >= 11 is 0. The molecule has 0 spiro atoms. The Hall–Kier alpha value is -0.490. The van der Waals surface area contributed by atoms with Gasteiger partial charge in [0.25, 0.3) is 0 Å². The highest BCUT2D eigenvalue weighted by molar-refractivity contribution is 5.85. The fourth-order valence-electron chi connectivity index (χ4n) is 1.76. The maximum Gasteiger partial charge on any atom is 0.390 e. The fraction of sp³-hybridized carbons (Fsp3) is 0.900. The summed E-state index contributed by atoms with van der Waals surface area (Å²) in [6.07, 6.45) is -2.95. The van der Waals surface area contributed by atoms with Gasteiger partial charge in [0.1, 0.15) is 0 Å². The number of halogens is 4. The quantitative estimate of drug-likeness (QED) is 0.822. The smallest absolute Gasteiger partial charge is 0.356 e. The summed E-state index contributed by atoms with van der Waals surface area (Å²) in [5.41, 5.74) is 0. The normalized spacial score (nSPS) is 17.4. The first kappa shape index (κ1) is 16.5. The van der Waals surface area contributed by atoms with Crippen LogP contribution in [0.15, 0.2) is 0 Å². The van der Waals surface area contributed by atoms with Crippen LogP contribution in [-0.2, 0) is 4.79 Å². The van der Waals surface area contributed by atoms with Crippen molar-refractivity contribution in [3.8, 4) is 0 Å². The third-order valence-electron chi connectivity index (χ3n) is 2.66. The van der Waals surface area contributed by atoms with E-state index in [1.807, 2.05) is 0 Å². The molecule has 0 atom stereocenters. The van der Waals surface area contributed by atoms with Gasteiger partial charge in [-0.1, -0.05) is 0 Å². The van der Waals surface area contributed by atoms with E-state index in [0.717, 1.165) is 25.9 Å². The average molecular weight is 275 g/mol. The summed E-state index contributed by atoms with van der Waals surface area (Å²) in [7, 11) is 0. The SMILES string of the molecule is Cl.O=C(CC1CCNCC1)NCCC(F)(F)F. The zero-order valence-corrected chi connectivity index (χ0v) is 10.3. The summed E-state index contributed by atoms with van der Waals surface area (Å²) in [4.78, 5) is 11.3. The van der Waals surface area contributed by atoms with Crippen molar-refractivity contribution in [2.24, 2.45) is 5.92 Å². The second kappa shape index (κ2) is 7.76. The number of hydrogen-bond donors (Lipinski definition) is 2. The van der Waals surface area contributed by atoms with Gasteiger partial charge in [0, 0.05) is 13.0 Å². The van der Waals surface area contributed by atoms with Crippen LogP contribution in [0.25, 0.3) is 0 Å². The number of amides is 1. The molecule has 102 valence electrons. The minimum Gasteiger partial charge on any atom is -0.356 e. The molecule has 1 heterocycles. The first-order chi connectivity index (χ1) is 7.47. The average Bonchev–Trinajstić information content (AvgIpc) is 2.17. The molecule has 2 N–H and O–H groups in total. The monoisotopic (exact) mass is 274 g/mol. The van der Waals surface area contributed by atoms with Gasteiger partial charge >= 0.3 is 6.18 Å². The minimum absolute atomic E-state index is 0. The van der Waals surface area contributed by atoms with Gasteiger partial charge in [-0.15, -0.1) is 12.4 Å². The van der Waals surface area contributed by atoms with Gasteiger partial charge in [-0.2, -0.15) is 13.2 Å². The largest absolute Gasteiger partial charge is 0.390 e. The Kier molecular flexibility index (Phi) is 7.54. The number of carbonyl (C=O) groups excluding carboxylic acids is 1. The van der Waals surface area contributed by atoms with Crippen molar-refractivity contribution in [3.63, 3.8) is 0 Å². The van der Waals surface area contributed by atoms with E-state index in [4.69, 9.17) is 0 Å². The van der Waals surface area contributed by atoms with Crippen molar-refractivity contribution in [3.05, 3.63) is 0 Å². The van der Waals surface area contributed by atoms with Crippen molar-refractivity contribution >= 4 is 18.3 Å². The zero-order valence-electron chi connectivity index (χ0n) is 9.48. The lowest BCUT2D eigenvalue weighted by Crippen LogP contribution is -2.33. The Bertz CT molecular complexity index is 230. The Morgan fingerprint density at radius 3 is 2.41 bits per heavy atom. The van der Waals surface area contributed by atoms with Gasteiger partial charge in [-0.3, -0.25) is 4.79 Å². The molecule has 1 amide bonds. The topological polar surface area (TPSA) is 41.1 Å². The molecule has 1 aliphatic heterocycles. The van der Waals surface area contributed by atoms with E-state index in [9.17, 15) is 18.0 Å². The maximum absolute atomic E-state index is 11.8. The van der Waals surface area contributed by atoms with Gasteiger partial charge in [0.15, 0.2) is 0 Å². The lowest BCUT2D eigenvalue weighted by molar-refractivity contribution is -0.135. The molecule has 1 fully saturated rings. The fourth-order valence-corrected chi connectivity index (χ4v) is 1.76. The van der Waals surface area contributed by atoms with E-state index in [-0.39, 0.29) is 24.9 Å². The van der Waals surface area contributed by atoms with Crippen molar-refractivity contribution in [2.45, 2.75) is 31.9 Å². The van der Waals surface area contributed by atoms with E-state index >= 15 is 0 Å². The molecular formula is C10H18ClF3N2O. The third-order valence-corrected chi connectivity index (χ3v) is 2.66. The molecule has 0 saturated carbocycles. The van der Waals surface area contributed by atoms with Crippen LogP contribution >= 0.6 is 12.4 Å². The number of rotatable bonds is 4. The highest BCUT2D eigenvalue weighted by atomic mass is 35.5. The summed E-state index contributed by atoms with van der Waals surface area (Å²) < 4.78 is 35.4. The molecule has 1 aliphatic rings. The van der Waals surface area contributed by atoms with E-state index in [2.05, 4.69) is 10.6 Å². The van der Waals surface area contributed by atoms with Crippen molar-refractivity contribution < 1.29 is 18.0 Å². The van der Waals surface area contributed by atoms with Crippen LogP contribution in [-0.4, -0.2) is 31.7 Å². The molecule has 0 aliphatic carbocycles. The first-order valence-electron chi connectivity index (χ1n) is 5.51. The number of nitrogens with one attached hydrogen (secondary N) is 2. The van der Waals surface area contributed by atoms with E-state index in [1.54, 1.807) is 0 Å². The Labute approximate surface area is 105 Å². The van der Waals surface area contributed by atoms with Gasteiger partial charge in [-0.05, 0) is 31.8 Å². The molecule has 0 aromatic rings. The van der Waals surface area contributed by atoms with Crippen LogP contribution in [0.5, 0.6) is 0 Å². The van der Waals surface area contributed by atoms with Crippen LogP contribution in [0, 0.1) is 5.92 Å². The van der Waals surface area contributed by atoms with Crippen LogP contribution < -0.4 is 10.6 Å². The van der Waals surface area contributed by atoms with Gasteiger partial charge in [0.2, 0.25) is 5.91 Å². The van der Waals surface area contributed by atoms with E-state index in [1.165, 1.54) is 0 Å². The summed E-state index contributed by atoms with van der Waals surface area (Å²) in [5.74, 6) is 0.0447. The highest BCUT2D eigenvalue weighted by Crippen LogP contribution is 2.18. The predicted octanol–water partition coefficient (Wildman–Crippen LogP) is 1.87. The van der Waals surface area contributed by atoms with Crippen molar-refractivity contribution in [1.82, 2.24) is 10.6 Å². The highest BCUT2D eigenvalue weighted by Gasteiger charge is 2.26. The third kappa shape index (κ3) is 8.26. The molecule has 1 rings (SSSR count). The Balaban J connectivity index is 0.00000256. The Morgan fingerprint density at radius 1 is 1.29 bits per heavy atom. The number of piperidine rings is 1. The second-order valence-electron chi connectivity index (χ2n) is 4.11. The molecular weight excluding hydrogens is 257 g/mol. The first-order valence-corrected chi connectivity index (χ1v) is 5.51. The second-order valence-corrected chi connectivity index (χ2v) is 4.11. The molecule has 0 aromatic carbocycles. The van der Waals surface area contributed by atoms with E-state index in [0.29, 0.717) is 12.3 Å². The summed E-state index contributed by atoms with van der Waals surface area (Å²) in [6, 6.07) is 0. The van der Waals surface area contributed by atoms with Crippen LogP contribution in [0.2, 0.25) is 0 Å². The maximum atomic E-state index is 11.8. The molecule has 1 saturated heterocycles.